The fourth-order valence-electron chi connectivity index (χ4n) is 1.65. The molecule has 0 aliphatic rings. The molecule has 2 N–H and O–H groups in total. The van der Waals surface area contributed by atoms with Gasteiger partial charge in [0, 0.05) is 11.6 Å². The molecule has 0 amide bonds. The highest BCUT2D eigenvalue weighted by Gasteiger charge is 2.18. The lowest BCUT2D eigenvalue weighted by atomic mass is 10.1. The molecule has 0 unspecified atom stereocenters. The Bertz CT molecular complexity index is 667. The quantitative estimate of drug-likeness (QED) is 0.702. The van der Waals surface area contributed by atoms with Crippen LogP contribution >= 0.6 is 22.7 Å². The summed E-state index contributed by atoms with van der Waals surface area (Å²) in [5.41, 5.74) is 3.33. The number of halogens is 2. The van der Waals surface area contributed by atoms with Crippen LogP contribution in [0.1, 0.15) is 11.7 Å². The van der Waals surface area contributed by atoms with Crippen LogP contribution in [0.25, 0.3) is 0 Å². The Morgan fingerprint density at radius 2 is 1.57 bits per heavy atom. The molecule has 21 heavy (non-hydrogen) atoms. The molecule has 0 atom stereocenters. The van der Waals surface area contributed by atoms with Crippen molar-refractivity contribution in [1.82, 2.24) is 20.4 Å². The number of benzene rings is 1. The minimum atomic E-state index is -0.675. The highest BCUT2D eigenvalue weighted by Crippen LogP contribution is 2.25. The van der Waals surface area contributed by atoms with Crippen molar-refractivity contribution in [3.05, 3.63) is 46.4 Å². The van der Waals surface area contributed by atoms with Crippen LogP contribution in [0.2, 0.25) is 0 Å². The summed E-state index contributed by atoms with van der Waals surface area (Å²) in [6, 6.07) is 3.37. The van der Waals surface area contributed by atoms with E-state index < -0.39 is 17.8 Å². The van der Waals surface area contributed by atoms with E-state index in [1.54, 1.807) is 11.0 Å². The predicted molar refractivity (Wildman–Crippen MR) is 76.2 cm³/mol. The van der Waals surface area contributed by atoms with E-state index in [-0.39, 0.29) is 5.56 Å². The zero-order valence-electron chi connectivity index (χ0n) is 10.3. The molecule has 10 heteroatoms. The van der Waals surface area contributed by atoms with E-state index in [0.29, 0.717) is 10.3 Å². The minimum Gasteiger partial charge on any atom is -0.336 e. The molecule has 108 valence electrons. The van der Waals surface area contributed by atoms with Gasteiger partial charge < -0.3 is 10.6 Å². The van der Waals surface area contributed by atoms with Gasteiger partial charge in [-0.2, -0.15) is 0 Å². The molecule has 0 spiro atoms. The monoisotopic (exact) mass is 326 g/mol. The average Bonchev–Trinajstić information content (AvgIpc) is 3.11. The van der Waals surface area contributed by atoms with Gasteiger partial charge in [0.2, 0.25) is 10.3 Å². The van der Waals surface area contributed by atoms with Crippen molar-refractivity contribution in [3.63, 3.8) is 0 Å². The van der Waals surface area contributed by atoms with Crippen molar-refractivity contribution < 1.29 is 8.78 Å². The summed E-state index contributed by atoms with van der Waals surface area (Å²) in [4.78, 5) is 0. The van der Waals surface area contributed by atoms with Gasteiger partial charge in [0.05, 0.1) is 0 Å². The minimum absolute atomic E-state index is 0.238. The molecule has 2 heterocycles. The Morgan fingerprint density at radius 3 is 2.05 bits per heavy atom. The van der Waals surface area contributed by atoms with Gasteiger partial charge in [0.1, 0.15) is 28.8 Å². The highest BCUT2D eigenvalue weighted by atomic mass is 32.1. The number of anilines is 2. The molecular weight excluding hydrogens is 318 g/mol. The van der Waals surface area contributed by atoms with Crippen LogP contribution in [-0.2, 0) is 0 Å². The number of hydrogen-bond donors (Lipinski definition) is 2. The lowest BCUT2D eigenvalue weighted by molar-refractivity contribution is 0.567. The zero-order valence-corrected chi connectivity index (χ0v) is 12.0. The molecule has 0 saturated carbocycles. The molecule has 0 radical (unpaired) electrons. The van der Waals surface area contributed by atoms with Crippen LogP contribution in [0, 0.1) is 11.6 Å². The Balaban J connectivity index is 1.90. The maximum Gasteiger partial charge on any atom is 0.207 e. The first kappa shape index (κ1) is 13.8. The topological polar surface area (TPSA) is 75.6 Å². The largest absolute Gasteiger partial charge is 0.336 e. The molecule has 3 aromatic rings. The Hall–Kier alpha value is -2.20. The number of nitrogens with zero attached hydrogens (tertiary/aromatic N) is 4. The summed E-state index contributed by atoms with van der Waals surface area (Å²) in [6.45, 7) is 0. The van der Waals surface area contributed by atoms with E-state index in [9.17, 15) is 8.78 Å². The molecule has 6 nitrogen and oxygen atoms in total. The van der Waals surface area contributed by atoms with Crippen molar-refractivity contribution in [2.75, 3.05) is 10.6 Å². The van der Waals surface area contributed by atoms with Crippen LogP contribution in [0.4, 0.5) is 19.0 Å². The Labute approximate surface area is 125 Å². The van der Waals surface area contributed by atoms with Crippen molar-refractivity contribution >= 4 is 32.9 Å². The maximum atomic E-state index is 14.0. The molecule has 0 fully saturated rings. The number of rotatable bonds is 5. The third-order valence-corrected chi connectivity index (χ3v) is 3.77. The van der Waals surface area contributed by atoms with Crippen molar-refractivity contribution in [2.24, 2.45) is 0 Å². The van der Waals surface area contributed by atoms with Gasteiger partial charge in [0.15, 0.2) is 0 Å². The van der Waals surface area contributed by atoms with Gasteiger partial charge in [-0.15, -0.1) is 20.4 Å². The fourth-order valence-corrected chi connectivity index (χ4v) is 2.59. The molecule has 0 saturated heterocycles. The zero-order chi connectivity index (χ0) is 14.7. The standard InChI is InChI=1S/C11H8F2N6S2/c12-6-1-2-7(8(13)3-6)9(16-10-18-14-4-20-10)17-11-19-15-5-21-11/h1-5,9H,(H,16,18)(H,17,19). The van der Waals surface area contributed by atoms with Gasteiger partial charge in [0.25, 0.3) is 0 Å². The Kier molecular flexibility index (Phi) is 3.97. The lowest BCUT2D eigenvalue weighted by Gasteiger charge is -2.19. The van der Waals surface area contributed by atoms with Crippen molar-refractivity contribution in [1.29, 1.82) is 0 Å². The summed E-state index contributed by atoms with van der Waals surface area (Å²) in [5.74, 6) is -1.31. The second kappa shape index (κ2) is 6.06. The third kappa shape index (κ3) is 3.28. The van der Waals surface area contributed by atoms with E-state index in [1.165, 1.54) is 34.8 Å². The van der Waals surface area contributed by atoms with Gasteiger partial charge in [-0.3, -0.25) is 0 Å². The van der Waals surface area contributed by atoms with Crippen LogP contribution < -0.4 is 10.6 Å². The second-order valence-corrected chi connectivity index (χ2v) is 5.54. The summed E-state index contributed by atoms with van der Waals surface area (Å²) in [5, 5.41) is 22.1. The van der Waals surface area contributed by atoms with Crippen LogP contribution in [0.15, 0.2) is 29.2 Å². The number of hydrogen-bond acceptors (Lipinski definition) is 8. The second-order valence-electron chi connectivity index (χ2n) is 3.88. The fraction of sp³-hybridized carbons (Fsp3) is 0.0909. The molecule has 0 aliphatic carbocycles. The predicted octanol–water partition coefficient (Wildman–Crippen LogP) is 2.89. The smallest absolute Gasteiger partial charge is 0.207 e. The summed E-state index contributed by atoms with van der Waals surface area (Å²) < 4.78 is 27.0. The first-order valence-electron chi connectivity index (χ1n) is 5.73. The lowest BCUT2D eigenvalue weighted by Crippen LogP contribution is -2.21. The number of aromatic nitrogens is 4. The maximum absolute atomic E-state index is 14.0. The van der Waals surface area contributed by atoms with E-state index in [2.05, 4.69) is 31.0 Å². The number of nitrogens with one attached hydrogen (secondary N) is 2. The van der Waals surface area contributed by atoms with Crippen LogP contribution in [0.5, 0.6) is 0 Å². The average molecular weight is 326 g/mol. The first-order chi connectivity index (χ1) is 10.2. The highest BCUT2D eigenvalue weighted by molar-refractivity contribution is 7.13. The van der Waals surface area contributed by atoms with Gasteiger partial charge in [-0.05, 0) is 12.1 Å². The normalized spacial score (nSPS) is 10.8. The summed E-state index contributed by atoms with van der Waals surface area (Å²) >= 11 is 2.53. The Morgan fingerprint density at radius 1 is 0.952 bits per heavy atom. The summed E-state index contributed by atoms with van der Waals surface area (Å²) in [7, 11) is 0. The van der Waals surface area contributed by atoms with E-state index >= 15 is 0 Å². The molecule has 1 aromatic carbocycles. The molecule has 2 aromatic heterocycles. The van der Waals surface area contributed by atoms with Crippen molar-refractivity contribution in [3.8, 4) is 0 Å². The van der Waals surface area contributed by atoms with Gasteiger partial charge >= 0.3 is 0 Å². The van der Waals surface area contributed by atoms with Gasteiger partial charge in [-0.25, -0.2) is 8.78 Å². The van der Waals surface area contributed by atoms with Crippen molar-refractivity contribution in [2.45, 2.75) is 6.17 Å². The molecule has 0 aliphatic heterocycles. The third-order valence-electron chi connectivity index (χ3n) is 2.53. The molecular formula is C11H8F2N6S2. The first-order valence-corrected chi connectivity index (χ1v) is 7.48. The van der Waals surface area contributed by atoms with E-state index in [0.717, 1.165) is 6.07 Å². The van der Waals surface area contributed by atoms with Crippen LogP contribution in [0.3, 0.4) is 0 Å². The van der Waals surface area contributed by atoms with E-state index in [4.69, 9.17) is 0 Å². The summed E-state index contributed by atoms with van der Waals surface area (Å²) in [6.07, 6.45) is -0.675. The SMILES string of the molecule is Fc1ccc(C(Nc2nncs2)Nc2nncs2)c(F)c1. The molecule has 3 rings (SSSR count). The van der Waals surface area contributed by atoms with Crippen LogP contribution in [-0.4, -0.2) is 20.4 Å². The van der Waals surface area contributed by atoms with E-state index in [1.807, 2.05) is 0 Å². The van der Waals surface area contributed by atoms with Gasteiger partial charge in [-0.1, -0.05) is 22.7 Å². The molecule has 0 bridgehead atoms.